The molecule has 1 amide bonds. The number of hydrogen-bond donors (Lipinski definition) is 3. The van der Waals surface area contributed by atoms with Crippen molar-refractivity contribution in [2.24, 2.45) is 0 Å². The lowest BCUT2D eigenvalue weighted by Gasteiger charge is -2.27. The van der Waals surface area contributed by atoms with Crippen molar-refractivity contribution in [3.63, 3.8) is 0 Å². The predicted octanol–water partition coefficient (Wildman–Crippen LogP) is 4.70. The summed E-state index contributed by atoms with van der Waals surface area (Å²) < 4.78 is 0. The minimum atomic E-state index is -0.755. The molecule has 35 heavy (non-hydrogen) atoms. The first-order chi connectivity index (χ1) is 17.2. The highest BCUT2D eigenvalue weighted by molar-refractivity contribution is 5.87. The van der Waals surface area contributed by atoms with Crippen molar-refractivity contribution in [1.82, 2.24) is 10.6 Å². The first-order valence-electron chi connectivity index (χ1n) is 12.1. The van der Waals surface area contributed by atoms with Crippen molar-refractivity contribution in [3.05, 3.63) is 144 Å². The van der Waals surface area contributed by atoms with Crippen LogP contribution in [0.1, 0.15) is 28.2 Å². The monoisotopic (exact) mass is 464 g/mol. The van der Waals surface area contributed by atoms with Crippen LogP contribution in [-0.4, -0.2) is 29.7 Å². The number of amides is 1. The van der Waals surface area contributed by atoms with E-state index in [9.17, 15) is 9.90 Å². The third kappa shape index (κ3) is 7.12. The van der Waals surface area contributed by atoms with Gasteiger partial charge in [-0.25, -0.2) is 0 Å². The van der Waals surface area contributed by atoms with Crippen LogP contribution in [0.4, 0.5) is 0 Å². The van der Waals surface area contributed by atoms with Crippen LogP contribution in [0.2, 0.25) is 0 Å². The number of aliphatic hydroxyl groups excluding tert-OH is 1. The van der Waals surface area contributed by atoms with Gasteiger partial charge >= 0.3 is 0 Å². The molecule has 0 aliphatic heterocycles. The van der Waals surface area contributed by atoms with Crippen molar-refractivity contribution >= 4 is 5.91 Å². The van der Waals surface area contributed by atoms with E-state index in [1.807, 2.05) is 121 Å². The molecular weight excluding hydrogens is 432 g/mol. The Morgan fingerprint density at radius 2 is 1.11 bits per heavy atom. The molecule has 0 spiro atoms. The molecule has 0 radical (unpaired) electrons. The predicted molar refractivity (Wildman–Crippen MR) is 141 cm³/mol. The van der Waals surface area contributed by atoms with Crippen LogP contribution in [0.25, 0.3) is 0 Å². The van der Waals surface area contributed by atoms with E-state index >= 15 is 0 Å². The van der Waals surface area contributed by atoms with Crippen molar-refractivity contribution in [2.75, 3.05) is 6.54 Å². The van der Waals surface area contributed by atoms with Gasteiger partial charge in [-0.05, 0) is 28.7 Å². The summed E-state index contributed by atoms with van der Waals surface area (Å²) in [4.78, 5) is 13.7. The van der Waals surface area contributed by atoms with Gasteiger partial charge in [0.1, 0.15) is 0 Å². The van der Waals surface area contributed by atoms with Crippen molar-refractivity contribution < 1.29 is 9.90 Å². The van der Waals surface area contributed by atoms with Gasteiger partial charge in [0.15, 0.2) is 0 Å². The number of aliphatic hydroxyl groups is 1. The zero-order valence-electron chi connectivity index (χ0n) is 19.8. The van der Waals surface area contributed by atoms with E-state index in [4.69, 9.17) is 0 Å². The molecule has 178 valence electrons. The van der Waals surface area contributed by atoms with Crippen LogP contribution in [0.15, 0.2) is 121 Å². The normalized spacial score (nSPS) is 12.7. The molecule has 0 aromatic heterocycles. The molecule has 0 heterocycles. The van der Waals surface area contributed by atoms with Crippen LogP contribution in [0.3, 0.4) is 0 Å². The third-order valence-electron chi connectivity index (χ3n) is 6.14. The Bertz CT molecular complexity index is 1110. The molecule has 0 saturated heterocycles. The Balaban J connectivity index is 1.51. The summed E-state index contributed by atoms with van der Waals surface area (Å²) in [5.74, 6) is -0.578. The summed E-state index contributed by atoms with van der Waals surface area (Å²) in [7, 11) is 0. The second-order valence-corrected chi connectivity index (χ2v) is 8.74. The number of nitrogens with one attached hydrogen (secondary N) is 2. The second-order valence-electron chi connectivity index (χ2n) is 8.74. The van der Waals surface area contributed by atoms with Gasteiger partial charge in [-0.3, -0.25) is 4.79 Å². The molecule has 0 unspecified atom stereocenters. The van der Waals surface area contributed by atoms with E-state index < -0.39 is 18.1 Å². The highest BCUT2D eigenvalue weighted by Crippen LogP contribution is 2.25. The Kier molecular flexibility index (Phi) is 8.82. The van der Waals surface area contributed by atoms with Crippen molar-refractivity contribution in [1.29, 1.82) is 0 Å². The molecule has 4 aromatic carbocycles. The minimum Gasteiger partial charge on any atom is -0.390 e. The number of rotatable bonds is 11. The zero-order chi connectivity index (χ0) is 24.3. The summed E-state index contributed by atoms with van der Waals surface area (Å²) in [6.45, 7) is 1.02. The van der Waals surface area contributed by atoms with Crippen molar-refractivity contribution in [2.45, 2.75) is 31.0 Å². The van der Waals surface area contributed by atoms with Crippen LogP contribution in [-0.2, 0) is 17.8 Å². The average Bonchev–Trinajstić information content (AvgIpc) is 2.91. The van der Waals surface area contributed by atoms with Gasteiger partial charge in [0.05, 0.1) is 18.1 Å². The van der Waals surface area contributed by atoms with Crippen LogP contribution < -0.4 is 10.6 Å². The summed E-state index contributed by atoms with van der Waals surface area (Å²) in [6.07, 6.45) is -0.216. The maximum absolute atomic E-state index is 13.7. The van der Waals surface area contributed by atoms with Gasteiger partial charge in [0.2, 0.25) is 5.91 Å². The van der Waals surface area contributed by atoms with Gasteiger partial charge in [0, 0.05) is 13.1 Å². The van der Waals surface area contributed by atoms with E-state index in [-0.39, 0.29) is 5.91 Å². The molecule has 0 fully saturated rings. The van der Waals surface area contributed by atoms with Crippen LogP contribution in [0, 0.1) is 0 Å². The molecule has 2 atom stereocenters. The number of carbonyl (C=O) groups is 1. The van der Waals surface area contributed by atoms with Gasteiger partial charge in [0.25, 0.3) is 0 Å². The molecule has 4 rings (SSSR count). The third-order valence-corrected chi connectivity index (χ3v) is 6.14. The van der Waals surface area contributed by atoms with Crippen LogP contribution in [0.5, 0.6) is 0 Å². The van der Waals surface area contributed by atoms with Gasteiger partial charge in [-0.15, -0.1) is 0 Å². The van der Waals surface area contributed by atoms with Gasteiger partial charge < -0.3 is 15.7 Å². The quantitative estimate of drug-likeness (QED) is 0.302. The highest BCUT2D eigenvalue weighted by atomic mass is 16.3. The first kappa shape index (κ1) is 24.4. The summed E-state index contributed by atoms with van der Waals surface area (Å²) in [5, 5.41) is 17.7. The molecule has 0 saturated carbocycles. The Hall–Kier alpha value is -3.73. The molecule has 0 aliphatic rings. The van der Waals surface area contributed by atoms with Crippen LogP contribution >= 0.6 is 0 Å². The largest absolute Gasteiger partial charge is 0.390 e. The van der Waals surface area contributed by atoms with E-state index in [0.717, 1.165) is 22.3 Å². The van der Waals surface area contributed by atoms with E-state index in [2.05, 4.69) is 10.6 Å². The van der Waals surface area contributed by atoms with Crippen molar-refractivity contribution in [3.8, 4) is 0 Å². The Labute approximate surface area is 207 Å². The zero-order valence-corrected chi connectivity index (χ0v) is 19.8. The second kappa shape index (κ2) is 12.7. The van der Waals surface area contributed by atoms with E-state index in [1.165, 1.54) is 0 Å². The molecule has 4 heteroatoms. The first-order valence-corrected chi connectivity index (χ1v) is 12.1. The number of hydrogen-bond acceptors (Lipinski definition) is 3. The van der Waals surface area contributed by atoms with Gasteiger partial charge in [-0.1, -0.05) is 121 Å². The maximum atomic E-state index is 13.7. The lowest BCUT2D eigenvalue weighted by Crippen LogP contribution is -2.50. The summed E-state index contributed by atoms with van der Waals surface area (Å²) in [6, 6.07) is 39.2. The Morgan fingerprint density at radius 1 is 0.657 bits per heavy atom. The molecule has 4 nitrogen and oxygen atoms in total. The lowest BCUT2D eigenvalue weighted by molar-refractivity contribution is -0.123. The molecular formula is C31H32N2O2. The van der Waals surface area contributed by atoms with E-state index in [1.54, 1.807) is 0 Å². The lowest BCUT2D eigenvalue weighted by atomic mass is 9.89. The highest BCUT2D eigenvalue weighted by Gasteiger charge is 2.28. The molecule has 0 bridgehead atoms. The standard InChI is InChI=1S/C31H32N2O2/c34-29(23-32-22-25-15-7-2-8-16-25)28(21-24-13-5-1-6-14-24)33-31(35)30(26-17-9-3-10-18-26)27-19-11-4-12-20-27/h1-20,28-30,32,34H,21-23H2,(H,33,35)/t28-,29+/m0/s1. The smallest absolute Gasteiger partial charge is 0.232 e. The van der Waals surface area contributed by atoms with Gasteiger partial charge in [-0.2, -0.15) is 0 Å². The average molecular weight is 465 g/mol. The fourth-order valence-corrected chi connectivity index (χ4v) is 4.31. The number of carbonyl (C=O) groups excluding carboxylic acids is 1. The number of benzene rings is 4. The molecule has 3 N–H and O–H groups in total. The summed E-state index contributed by atoms with van der Waals surface area (Å²) in [5.41, 5.74) is 4.06. The molecule has 4 aromatic rings. The maximum Gasteiger partial charge on any atom is 0.232 e. The Morgan fingerprint density at radius 3 is 1.63 bits per heavy atom. The van der Waals surface area contributed by atoms with E-state index in [0.29, 0.717) is 19.5 Å². The molecule has 0 aliphatic carbocycles. The fourth-order valence-electron chi connectivity index (χ4n) is 4.31. The minimum absolute atomic E-state index is 0.120. The SMILES string of the molecule is O=C(N[C@@H](Cc1ccccc1)[C@H](O)CNCc1ccccc1)C(c1ccccc1)c1ccccc1. The topological polar surface area (TPSA) is 61.4 Å². The summed E-state index contributed by atoms with van der Waals surface area (Å²) >= 11 is 0. The fraction of sp³-hybridized carbons (Fsp3) is 0.194.